The van der Waals surface area contributed by atoms with Crippen LogP contribution in [0, 0.1) is 6.92 Å². The minimum Gasteiger partial charge on any atom is -0.308 e. The van der Waals surface area contributed by atoms with Gasteiger partial charge >= 0.3 is 6.03 Å². The fourth-order valence-corrected chi connectivity index (χ4v) is 4.01. The van der Waals surface area contributed by atoms with E-state index in [2.05, 4.69) is 45.6 Å². The van der Waals surface area contributed by atoms with Crippen LogP contribution in [-0.4, -0.2) is 11.0 Å². The predicted molar refractivity (Wildman–Crippen MR) is 117 cm³/mol. The van der Waals surface area contributed by atoms with Gasteiger partial charge in [-0.25, -0.2) is 9.78 Å². The molecule has 134 valence electrons. The Kier molecular flexibility index (Phi) is 4.92. The largest absolute Gasteiger partial charge is 0.323 e. The Morgan fingerprint density at radius 3 is 2.22 bits per heavy atom. The molecule has 0 radical (unpaired) electrons. The molecule has 0 spiro atoms. The second-order valence-corrected chi connectivity index (χ2v) is 8.10. The van der Waals surface area contributed by atoms with Crippen LogP contribution in [0.1, 0.15) is 5.56 Å². The molecule has 6 heteroatoms. The lowest BCUT2D eigenvalue weighted by atomic mass is 10.2. The van der Waals surface area contributed by atoms with Crippen molar-refractivity contribution in [3.63, 3.8) is 0 Å². The van der Waals surface area contributed by atoms with Gasteiger partial charge in [-0.05, 0) is 73.2 Å². The number of urea groups is 1. The van der Waals surface area contributed by atoms with E-state index in [9.17, 15) is 4.79 Å². The maximum Gasteiger partial charge on any atom is 0.323 e. The molecule has 1 aromatic heterocycles. The number of halogens is 1. The van der Waals surface area contributed by atoms with Gasteiger partial charge < -0.3 is 10.6 Å². The molecule has 0 aliphatic rings. The van der Waals surface area contributed by atoms with E-state index in [1.54, 1.807) is 11.3 Å². The first-order valence-electron chi connectivity index (χ1n) is 8.38. The van der Waals surface area contributed by atoms with Crippen molar-refractivity contribution in [2.45, 2.75) is 6.92 Å². The Balaban J connectivity index is 1.46. The number of nitrogens with zero attached hydrogens (tertiary/aromatic N) is 1. The van der Waals surface area contributed by atoms with Crippen LogP contribution >= 0.6 is 27.3 Å². The maximum absolute atomic E-state index is 12.1. The van der Waals surface area contributed by atoms with Crippen molar-refractivity contribution in [1.29, 1.82) is 0 Å². The number of aryl methyl sites for hydroxylation is 1. The van der Waals surface area contributed by atoms with Crippen LogP contribution in [0.15, 0.2) is 71.2 Å². The van der Waals surface area contributed by atoms with Gasteiger partial charge in [0.15, 0.2) is 0 Å². The smallest absolute Gasteiger partial charge is 0.308 e. The fraction of sp³-hybridized carbons (Fsp3) is 0.0476. The van der Waals surface area contributed by atoms with Crippen molar-refractivity contribution < 1.29 is 4.79 Å². The molecule has 0 aliphatic heterocycles. The summed E-state index contributed by atoms with van der Waals surface area (Å²) in [4.78, 5) is 16.8. The Bertz CT molecular complexity index is 1100. The first-order valence-corrected chi connectivity index (χ1v) is 9.99. The predicted octanol–water partition coefficient (Wildman–Crippen LogP) is 6.68. The van der Waals surface area contributed by atoms with Crippen molar-refractivity contribution in [1.82, 2.24) is 4.98 Å². The van der Waals surface area contributed by atoms with Crippen LogP contribution in [-0.2, 0) is 0 Å². The summed E-state index contributed by atoms with van der Waals surface area (Å²) in [6.07, 6.45) is 0. The normalized spacial score (nSPS) is 10.7. The number of amides is 2. The van der Waals surface area contributed by atoms with Crippen LogP contribution in [0.3, 0.4) is 0 Å². The van der Waals surface area contributed by atoms with E-state index < -0.39 is 0 Å². The number of thiazole rings is 1. The lowest BCUT2D eigenvalue weighted by Crippen LogP contribution is -2.19. The highest BCUT2D eigenvalue weighted by Crippen LogP contribution is 2.31. The van der Waals surface area contributed by atoms with Gasteiger partial charge in [0.05, 0.1) is 10.2 Å². The third-order valence-electron chi connectivity index (χ3n) is 4.04. The van der Waals surface area contributed by atoms with E-state index in [0.29, 0.717) is 0 Å². The van der Waals surface area contributed by atoms with Crippen LogP contribution in [0.2, 0.25) is 0 Å². The molecule has 0 bridgehead atoms. The highest BCUT2D eigenvalue weighted by Gasteiger charge is 2.08. The zero-order valence-corrected chi connectivity index (χ0v) is 16.9. The van der Waals surface area contributed by atoms with Crippen LogP contribution in [0.4, 0.5) is 16.2 Å². The molecule has 0 fully saturated rings. The summed E-state index contributed by atoms with van der Waals surface area (Å²) in [6, 6.07) is 21.1. The summed E-state index contributed by atoms with van der Waals surface area (Å²) in [5.74, 6) is 0. The SMILES string of the molecule is Cc1ccc2nc(-c3ccc(NC(=O)Nc4ccc(Br)cc4)cc3)sc2c1. The van der Waals surface area contributed by atoms with E-state index >= 15 is 0 Å². The van der Waals surface area contributed by atoms with E-state index in [1.807, 2.05) is 54.6 Å². The van der Waals surface area contributed by atoms with Crippen molar-refractivity contribution in [3.8, 4) is 10.6 Å². The molecule has 2 N–H and O–H groups in total. The molecule has 3 aromatic carbocycles. The summed E-state index contributed by atoms with van der Waals surface area (Å²) < 4.78 is 2.15. The highest BCUT2D eigenvalue weighted by atomic mass is 79.9. The lowest BCUT2D eigenvalue weighted by Gasteiger charge is -2.08. The topological polar surface area (TPSA) is 54.0 Å². The number of aromatic nitrogens is 1. The standard InChI is InChI=1S/C21H16BrN3OS/c1-13-2-11-18-19(12-13)27-20(25-18)14-3-7-16(8-4-14)23-21(26)24-17-9-5-15(22)6-10-17/h2-12H,1H3,(H2,23,24,26). The number of carbonyl (C=O) groups is 1. The molecule has 4 aromatic rings. The average Bonchev–Trinajstić information content (AvgIpc) is 3.07. The molecule has 27 heavy (non-hydrogen) atoms. The minimum absolute atomic E-state index is 0.277. The van der Waals surface area contributed by atoms with Gasteiger partial charge in [-0.1, -0.05) is 22.0 Å². The summed E-state index contributed by atoms with van der Waals surface area (Å²) in [6.45, 7) is 2.08. The second-order valence-electron chi connectivity index (χ2n) is 6.15. The molecule has 0 aliphatic carbocycles. The first-order chi connectivity index (χ1) is 13.1. The van der Waals surface area contributed by atoms with Crippen LogP contribution < -0.4 is 10.6 Å². The molecular formula is C21H16BrN3OS. The number of benzene rings is 3. The molecular weight excluding hydrogens is 422 g/mol. The summed E-state index contributed by atoms with van der Waals surface area (Å²) in [7, 11) is 0. The van der Waals surface area contributed by atoms with E-state index in [-0.39, 0.29) is 6.03 Å². The van der Waals surface area contributed by atoms with Crippen molar-refractivity contribution in [3.05, 3.63) is 76.8 Å². The zero-order chi connectivity index (χ0) is 18.8. The Labute approximate surface area is 169 Å². The number of nitrogens with one attached hydrogen (secondary N) is 2. The molecule has 0 saturated heterocycles. The number of carbonyl (C=O) groups excluding carboxylic acids is 1. The second kappa shape index (κ2) is 7.50. The van der Waals surface area contributed by atoms with Gasteiger partial charge in [0, 0.05) is 21.4 Å². The van der Waals surface area contributed by atoms with Gasteiger partial charge in [0.25, 0.3) is 0 Å². The Morgan fingerprint density at radius 1 is 0.926 bits per heavy atom. The molecule has 0 saturated carbocycles. The third-order valence-corrected chi connectivity index (χ3v) is 5.63. The van der Waals surface area contributed by atoms with Crippen molar-refractivity contribution in [2.24, 2.45) is 0 Å². The number of hydrogen-bond acceptors (Lipinski definition) is 3. The molecule has 2 amide bonds. The summed E-state index contributed by atoms with van der Waals surface area (Å²) >= 11 is 5.05. The summed E-state index contributed by atoms with van der Waals surface area (Å²) in [5, 5.41) is 6.62. The van der Waals surface area contributed by atoms with E-state index in [1.165, 1.54) is 10.3 Å². The quantitative estimate of drug-likeness (QED) is 0.375. The zero-order valence-electron chi connectivity index (χ0n) is 14.5. The van der Waals surface area contributed by atoms with Gasteiger partial charge in [0.1, 0.15) is 5.01 Å². The van der Waals surface area contributed by atoms with Crippen molar-refractivity contribution >= 4 is 54.9 Å². The van der Waals surface area contributed by atoms with Crippen LogP contribution in [0.5, 0.6) is 0 Å². The van der Waals surface area contributed by atoms with Gasteiger partial charge in [0.2, 0.25) is 0 Å². The highest BCUT2D eigenvalue weighted by molar-refractivity contribution is 9.10. The third kappa shape index (κ3) is 4.18. The molecule has 4 rings (SSSR count). The number of hydrogen-bond donors (Lipinski definition) is 2. The van der Waals surface area contributed by atoms with Gasteiger partial charge in [-0.3, -0.25) is 0 Å². The summed E-state index contributed by atoms with van der Waals surface area (Å²) in [5.41, 5.74) is 4.74. The number of anilines is 2. The lowest BCUT2D eigenvalue weighted by molar-refractivity contribution is 0.262. The van der Waals surface area contributed by atoms with Gasteiger partial charge in [-0.15, -0.1) is 11.3 Å². The van der Waals surface area contributed by atoms with Crippen LogP contribution in [0.25, 0.3) is 20.8 Å². The minimum atomic E-state index is -0.277. The average molecular weight is 438 g/mol. The first kappa shape index (κ1) is 17.7. The van der Waals surface area contributed by atoms with Crippen molar-refractivity contribution in [2.75, 3.05) is 10.6 Å². The monoisotopic (exact) mass is 437 g/mol. The molecule has 0 unspecified atom stereocenters. The number of rotatable bonds is 3. The maximum atomic E-state index is 12.1. The van der Waals surface area contributed by atoms with Gasteiger partial charge in [-0.2, -0.15) is 0 Å². The Hall–Kier alpha value is -2.70. The van der Waals surface area contributed by atoms with E-state index in [0.717, 1.165) is 31.9 Å². The Morgan fingerprint density at radius 2 is 1.56 bits per heavy atom. The number of fused-ring (bicyclic) bond motifs is 1. The van der Waals surface area contributed by atoms with E-state index in [4.69, 9.17) is 4.98 Å². The fourth-order valence-electron chi connectivity index (χ4n) is 2.68. The molecule has 1 heterocycles. The molecule has 0 atom stereocenters. The molecule has 4 nitrogen and oxygen atoms in total.